The van der Waals surface area contributed by atoms with Crippen molar-refractivity contribution in [2.24, 2.45) is 10.9 Å². The van der Waals surface area contributed by atoms with Gasteiger partial charge in [0.25, 0.3) is 5.56 Å². The first-order chi connectivity index (χ1) is 19.3. The van der Waals surface area contributed by atoms with Crippen molar-refractivity contribution in [3.8, 4) is 11.3 Å². The van der Waals surface area contributed by atoms with Crippen molar-refractivity contribution >= 4 is 29.5 Å². The summed E-state index contributed by atoms with van der Waals surface area (Å²) in [5.41, 5.74) is 2.52. The van der Waals surface area contributed by atoms with Crippen molar-refractivity contribution in [1.29, 1.82) is 0 Å². The number of amides is 2. The van der Waals surface area contributed by atoms with Gasteiger partial charge in [-0.15, -0.1) is 0 Å². The van der Waals surface area contributed by atoms with Crippen LogP contribution in [-0.4, -0.2) is 54.1 Å². The Hall–Kier alpha value is -4.63. The number of benzene rings is 1. The van der Waals surface area contributed by atoms with E-state index < -0.39 is 12.0 Å². The number of likely N-dealkylation sites (N-methyl/N-ethyl adjacent to an activating group) is 1. The molecular weight excluding hydrogens is 506 g/mol. The highest BCUT2D eigenvalue weighted by molar-refractivity contribution is 6.02. The van der Waals surface area contributed by atoms with Crippen LogP contribution >= 0.6 is 0 Å². The van der Waals surface area contributed by atoms with E-state index in [9.17, 15) is 19.2 Å². The maximum absolute atomic E-state index is 13.6. The zero-order valence-electron chi connectivity index (χ0n) is 22.6. The number of hydrogen-bond acceptors (Lipinski definition) is 6. The van der Waals surface area contributed by atoms with E-state index in [1.165, 1.54) is 6.08 Å². The van der Waals surface area contributed by atoms with Crippen molar-refractivity contribution in [3.63, 3.8) is 0 Å². The van der Waals surface area contributed by atoms with Crippen molar-refractivity contribution in [1.82, 2.24) is 15.2 Å². The number of dihydropyridines is 1. The third-order valence-corrected chi connectivity index (χ3v) is 6.85. The number of allylic oxidation sites excluding steroid dienone is 3. The summed E-state index contributed by atoms with van der Waals surface area (Å²) >= 11 is 0. The highest BCUT2D eigenvalue weighted by Gasteiger charge is 2.24. The Balaban J connectivity index is 1.63. The topological polar surface area (TPSA) is 122 Å². The molecule has 0 bridgehead atoms. The van der Waals surface area contributed by atoms with Gasteiger partial charge in [0.1, 0.15) is 5.69 Å². The molecule has 3 N–H and O–H groups in total. The van der Waals surface area contributed by atoms with Crippen LogP contribution in [0.15, 0.2) is 100 Å². The molecule has 206 valence electrons. The largest absolute Gasteiger partial charge is 0.346 e. The Morgan fingerprint density at radius 1 is 1.15 bits per heavy atom. The Morgan fingerprint density at radius 2 is 1.93 bits per heavy atom. The van der Waals surface area contributed by atoms with Gasteiger partial charge in [-0.1, -0.05) is 61.2 Å². The third-order valence-electron chi connectivity index (χ3n) is 6.85. The first kappa shape index (κ1) is 28.4. The summed E-state index contributed by atoms with van der Waals surface area (Å²) in [6, 6.07) is 12.1. The monoisotopic (exact) mass is 539 g/mol. The molecular formula is C31H33N5O4. The zero-order chi connectivity index (χ0) is 28.6. The van der Waals surface area contributed by atoms with Gasteiger partial charge in [0.15, 0.2) is 5.78 Å². The lowest BCUT2D eigenvalue weighted by Gasteiger charge is -2.21. The van der Waals surface area contributed by atoms with E-state index >= 15 is 0 Å². The Morgan fingerprint density at radius 3 is 2.65 bits per heavy atom. The quantitative estimate of drug-likeness (QED) is 0.401. The maximum atomic E-state index is 13.6. The minimum absolute atomic E-state index is 0.110. The number of nitrogens with zero attached hydrogens (tertiary/aromatic N) is 2. The van der Waals surface area contributed by atoms with Crippen molar-refractivity contribution in [2.75, 3.05) is 18.9 Å². The van der Waals surface area contributed by atoms with Crippen LogP contribution in [0.1, 0.15) is 13.3 Å². The van der Waals surface area contributed by atoms with Crippen LogP contribution in [0.2, 0.25) is 0 Å². The molecule has 2 aromatic rings. The van der Waals surface area contributed by atoms with Gasteiger partial charge in [0.2, 0.25) is 11.8 Å². The number of carbonyl (C=O) groups excluding carboxylic acids is 3. The number of ketones is 1. The summed E-state index contributed by atoms with van der Waals surface area (Å²) in [5, 5.41) is 8.38. The number of rotatable bonds is 10. The van der Waals surface area contributed by atoms with Crippen LogP contribution in [0.4, 0.5) is 5.69 Å². The Labute approximate surface area is 233 Å². The molecule has 2 aliphatic rings. The smallest absolute Gasteiger partial charge is 0.275 e. The number of aliphatic imine (C=N–C) groups is 1. The maximum Gasteiger partial charge on any atom is 0.275 e. The molecule has 2 heterocycles. The van der Waals surface area contributed by atoms with E-state index in [1.807, 2.05) is 42.5 Å². The third kappa shape index (κ3) is 6.68. The van der Waals surface area contributed by atoms with E-state index in [2.05, 4.69) is 27.5 Å². The van der Waals surface area contributed by atoms with Crippen molar-refractivity contribution in [3.05, 3.63) is 101 Å². The van der Waals surface area contributed by atoms with E-state index in [1.54, 1.807) is 49.0 Å². The molecule has 0 saturated heterocycles. The zero-order valence-corrected chi connectivity index (χ0v) is 22.6. The van der Waals surface area contributed by atoms with Gasteiger partial charge in [0, 0.05) is 11.8 Å². The summed E-state index contributed by atoms with van der Waals surface area (Å²) in [7, 11) is 1.67. The lowest BCUT2D eigenvalue weighted by atomic mass is 9.90. The van der Waals surface area contributed by atoms with E-state index in [4.69, 9.17) is 0 Å². The number of anilines is 1. The van der Waals surface area contributed by atoms with Gasteiger partial charge in [-0.05, 0) is 49.7 Å². The van der Waals surface area contributed by atoms with Gasteiger partial charge in [0.05, 0.1) is 36.8 Å². The predicted octanol–water partition coefficient (Wildman–Crippen LogP) is 2.81. The summed E-state index contributed by atoms with van der Waals surface area (Å²) in [6.07, 6.45) is 10.7. The van der Waals surface area contributed by atoms with Crippen LogP contribution in [0, 0.1) is 5.92 Å². The summed E-state index contributed by atoms with van der Waals surface area (Å²) in [4.78, 5) is 55.6. The van der Waals surface area contributed by atoms with E-state index in [0.717, 1.165) is 5.56 Å². The average Bonchev–Trinajstić information content (AvgIpc) is 2.99. The van der Waals surface area contributed by atoms with Gasteiger partial charge >= 0.3 is 0 Å². The number of carbonyl (C=O) groups is 3. The SMILES string of the molecule is C=CC(=O)NC1C=C(C(=O)C2C=C(Cn3c(-c4ccccc4)ccc(NC(=O)[C@H](C)NC)c3=O)C=NC2)C=CC1. The molecule has 0 radical (unpaired) electrons. The van der Waals surface area contributed by atoms with Crippen LogP contribution in [-0.2, 0) is 20.9 Å². The molecule has 40 heavy (non-hydrogen) atoms. The molecule has 2 unspecified atom stereocenters. The number of nitrogens with one attached hydrogen (secondary N) is 3. The normalized spacial score (nSPS) is 18.8. The molecule has 9 nitrogen and oxygen atoms in total. The Kier molecular flexibility index (Phi) is 9.19. The first-order valence-corrected chi connectivity index (χ1v) is 13.1. The standard InChI is InChI=1S/C31H33N5O4/c1-4-28(37)34-25-12-8-11-23(16-25)29(38)24-15-21(17-33-18-24)19-36-27(22-9-6-5-7-10-22)14-13-26(31(36)40)35-30(39)20(2)32-3/h4-11,13-17,20,24-25,32H,1,12,18-19H2,2-3H3,(H,34,37)(H,35,39)/t20-,24?,25?/m0/s1. The fourth-order valence-electron chi connectivity index (χ4n) is 4.54. The molecule has 0 fully saturated rings. The highest BCUT2D eigenvalue weighted by atomic mass is 16.2. The fraction of sp³-hybridized carbons (Fsp3) is 0.258. The molecule has 4 rings (SSSR count). The van der Waals surface area contributed by atoms with E-state index in [-0.39, 0.29) is 48.0 Å². The molecule has 2 amide bonds. The average molecular weight is 540 g/mol. The molecule has 1 aliphatic carbocycles. The van der Waals surface area contributed by atoms with Gasteiger partial charge in [-0.2, -0.15) is 0 Å². The number of aromatic nitrogens is 1. The fourth-order valence-corrected chi connectivity index (χ4v) is 4.54. The van der Waals surface area contributed by atoms with Crippen LogP contribution in [0.3, 0.4) is 0 Å². The molecule has 1 aliphatic heterocycles. The molecule has 1 aromatic heterocycles. The molecule has 0 saturated carbocycles. The predicted molar refractivity (Wildman–Crippen MR) is 157 cm³/mol. The van der Waals surface area contributed by atoms with Gasteiger partial charge in [-0.25, -0.2) is 0 Å². The Bertz CT molecular complexity index is 1480. The first-order valence-electron chi connectivity index (χ1n) is 13.1. The molecule has 3 atom stereocenters. The summed E-state index contributed by atoms with van der Waals surface area (Å²) < 4.78 is 1.58. The van der Waals surface area contributed by atoms with E-state index in [0.29, 0.717) is 23.3 Å². The molecule has 1 aromatic carbocycles. The number of Topliss-reactive ketones (excluding diaryl/α,β-unsaturated/α-hetero) is 1. The van der Waals surface area contributed by atoms with Crippen LogP contribution < -0.4 is 21.5 Å². The second kappa shape index (κ2) is 12.9. The van der Waals surface area contributed by atoms with Gasteiger partial charge in [-0.3, -0.25) is 24.2 Å². The highest BCUT2D eigenvalue weighted by Crippen LogP contribution is 2.23. The number of pyridine rings is 1. The van der Waals surface area contributed by atoms with Crippen LogP contribution in [0.5, 0.6) is 0 Å². The lowest BCUT2D eigenvalue weighted by Crippen LogP contribution is -2.37. The lowest BCUT2D eigenvalue weighted by molar-refractivity contribution is -0.118. The summed E-state index contributed by atoms with van der Waals surface area (Å²) in [6.45, 7) is 5.63. The van der Waals surface area contributed by atoms with Crippen LogP contribution in [0.25, 0.3) is 11.3 Å². The van der Waals surface area contributed by atoms with Crippen molar-refractivity contribution in [2.45, 2.75) is 32.0 Å². The second-order valence-electron chi connectivity index (χ2n) is 9.68. The molecule has 0 spiro atoms. The van der Waals surface area contributed by atoms with Crippen molar-refractivity contribution < 1.29 is 14.4 Å². The minimum atomic E-state index is -0.514. The minimum Gasteiger partial charge on any atom is -0.346 e. The van der Waals surface area contributed by atoms with Gasteiger partial charge < -0.3 is 20.5 Å². The summed E-state index contributed by atoms with van der Waals surface area (Å²) in [5.74, 6) is -1.24. The molecule has 9 heteroatoms. The second-order valence-corrected chi connectivity index (χ2v) is 9.68. The number of hydrogen-bond donors (Lipinski definition) is 3.